The third-order valence-corrected chi connectivity index (χ3v) is 4.19. The van der Waals surface area contributed by atoms with Gasteiger partial charge in [-0.25, -0.2) is 0 Å². The van der Waals surface area contributed by atoms with Gasteiger partial charge in [-0.15, -0.1) is 5.10 Å². The largest absolute Gasteiger partial charge is 0.507 e. The van der Waals surface area contributed by atoms with Gasteiger partial charge in [-0.3, -0.25) is 5.10 Å². The topological polar surface area (TPSA) is 91.1 Å². The first-order chi connectivity index (χ1) is 10.1. The van der Waals surface area contributed by atoms with Crippen LogP contribution in [0.5, 0.6) is 5.75 Å². The molecule has 1 fully saturated rings. The van der Waals surface area contributed by atoms with Gasteiger partial charge < -0.3 is 15.7 Å². The molecule has 1 aliphatic rings. The van der Waals surface area contributed by atoms with Crippen LogP contribution in [0.2, 0.25) is 0 Å². The van der Waals surface area contributed by atoms with Crippen molar-refractivity contribution in [3.8, 4) is 17.1 Å². The van der Waals surface area contributed by atoms with E-state index in [4.69, 9.17) is 5.73 Å². The molecule has 1 aromatic heterocycles. The summed E-state index contributed by atoms with van der Waals surface area (Å²) in [5, 5.41) is 17.2. The van der Waals surface area contributed by atoms with Crippen molar-refractivity contribution < 1.29 is 5.11 Å². The van der Waals surface area contributed by atoms with Crippen LogP contribution >= 0.6 is 0 Å². The number of nitrogens with two attached hydrogens (primary N) is 1. The quantitative estimate of drug-likeness (QED) is 0.783. The molecule has 6 heteroatoms. The molecule has 21 heavy (non-hydrogen) atoms. The normalized spacial score (nSPS) is 22.5. The molecular weight excluding hydrogens is 266 g/mol. The van der Waals surface area contributed by atoms with Crippen LogP contribution < -0.4 is 10.6 Å². The highest BCUT2D eigenvalue weighted by Crippen LogP contribution is 2.29. The fourth-order valence-corrected chi connectivity index (χ4v) is 2.80. The van der Waals surface area contributed by atoms with Crippen molar-refractivity contribution in [3.63, 3.8) is 0 Å². The minimum atomic E-state index is 0.146. The molecule has 0 radical (unpaired) electrons. The zero-order chi connectivity index (χ0) is 15.0. The highest BCUT2D eigenvalue weighted by atomic mass is 16.3. The number of benzene rings is 1. The van der Waals surface area contributed by atoms with Crippen LogP contribution in [-0.4, -0.2) is 38.9 Å². The fraction of sp³-hybridized carbons (Fsp3) is 0.467. The van der Waals surface area contributed by atoms with E-state index >= 15 is 0 Å². The van der Waals surface area contributed by atoms with E-state index in [0.717, 1.165) is 24.9 Å². The molecule has 0 spiro atoms. The molecule has 1 aliphatic heterocycles. The van der Waals surface area contributed by atoms with Gasteiger partial charge in [0.05, 0.1) is 5.56 Å². The maximum atomic E-state index is 9.98. The summed E-state index contributed by atoms with van der Waals surface area (Å²) in [4.78, 5) is 6.66. The van der Waals surface area contributed by atoms with Crippen molar-refractivity contribution in [2.75, 3.05) is 11.4 Å². The first-order valence-electron chi connectivity index (χ1n) is 7.31. The molecule has 2 heterocycles. The van der Waals surface area contributed by atoms with E-state index in [1.54, 1.807) is 6.07 Å². The molecule has 2 unspecified atom stereocenters. The van der Waals surface area contributed by atoms with Gasteiger partial charge in [0.15, 0.2) is 5.82 Å². The lowest BCUT2D eigenvalue weighted by Crippen LogP contribution is -2.50. The summed E-state index contributed by atoms with van der Waals surface area (Å²) in [6.07, 6.45) is 2.08. The van der Waals surface area contributed by atoms with Gasteiger partial charge in [0.1, 0.15) is 5.75 Å². The van der Waals surface area contributed by atoms with Crippen LogP contribution in [0.4, 0.5) is 5.95 Å². The zero-order valence-electron chi connectivity index (χ0n) is 12.4. The molecule has 1 saturated heterocycles. The molecule has 4 N–H and O–H groups in total. The summed E-state index contributed by atoms with van der Waals surface area (Å²) in [6.45, 7) is 4.99. The van der Waals surface area contributed by atoms with Gasteiger partial charge >= 0.3 is 0 Å². The predicted octanol–water partition coefficient (Wildman–Crippen LogP) is 1.80. The number of phenolic OH excluding ortho intramolecular Hbond substituents is 1. The maximum Gasteiger partial charge on any atom is 0.245 e. The number of rotatable bonds is 2. The van der Waals surface area contributed by atoms with Gasteiger partial charge in [0, 0.05) is 18.6 Å². The van der Waals surface area contributed by atoms with Gasteiger partial charge in [-0.1, -0.05) is 11.6 Å². The number of aromatic amines is 1. The highest BCUT2D eigenvalue weighted by Gasteiger charge is 2.28. The lowest BCUT2D eigenvalue weighted by atomic mass is 9.99. The molecule has 6 nitrogen and oxygen atoms in total. The molecule has 0 saturated carbocycles. The number of H-pyrrole nitrogens is 1. The van der Waals surface area contributed by atoms with Crippen molar-refractivity contribution in [3.05, 3.63) is 23.8 Å². The second-order valence-corrected chi connectivity index (χ2v) is 5.74. The Balaban J connectivity index is 1.91. The smallest absolute Gasteiger partial charge is 0.245 e. The average Bonchev–Trinajstić information content (AvgIpc) is 2.94. The molecule has 0 aliphatic carbocycles. The number of anilines is 1. The van der Waals surface area contributed by atoms with Crippen LogP contribution in [0.15, 0.2) is 18.2 Å². The van der Waals surface area contributed by atoms with E-state index in [9.17, 15) is 5.11 Å². The Bertz CT molecular complexity index is 639. The SMILES string of the molecule is Cc1ccc(O)c(-c2nc(N3CCCC(N)C3C)n[nH]2)c1. The van der Waals surface area contributed by atoms with Crippen LogP contribution in [0.3, 0.4) is 0 Å². The van der Waals surface area contributed by atoms with Crippen LogP contribution in [0.1, 0.15) is 25.3 Å². The maximum absolute atomic E-state index is 9.98. The average molecular weight is 287 g/mol. The lowest BCUT2D eigenvalue weighted by Gasteiger charge is -2.36. The number of piperidine rings is 1. The fourth-order valence-electron chi connectivity index (χ4n) is 2.80. The summed E-state index contributed by atoms with van der Waals surface area (Å²) in [6, 6.07) is 5.79. The molecule has 112 valence electrons. The van der Waals surface area contributed by atoms with Crippen LogP contribution in [0, 0.1) is 6.92 Å². The molecule has 2 aromatic rings. The number of hydrogen-bond acceptors (Lipinski definition) is 5. The van der Waals surface area contributed by atoms with E-state index in [1.807, 2.05) is 19.1 Å². The highest BCUT2D eigenvalue weighted by molar-refractivity contribution is 5.65. The zero-order valence-corrected chi connectivity index (χ0v) is 12.4. The van der Waals surface area contributed by atoms with E-state index in [2.05, 4.69) is 27.0 Å². The summed E-state index contributed by atoms with van der Waals surface area (Å²) >= 11 is 0. The first kappa shape index (κ1) is 13.9. The van der Waals surface area contributed by atoms with Crippen molar-refractivity contribution in [2.45, 2.75) is 38.8 Å². The van der Waals surface area contributed by atoms with E-state index in [0.29, 0.717) is 17.3 Å². The first-order valence-corrected chi connectivity index (χ1v) is 7.31. The Morgan fingerprint density at radius 1 is 1.43 bits per heavy atom. The van der Waals surface area contributed by atoms with Gasteiger partial charge in [0.2, 0.25) is 5.95 Å². The van der Waals surface area contributed by atoms with Crippen LogP contribution in [-0.2, 0) is 0 Å². The number of nitrogens with one attached hydrogen (secondary N) is 1. The van der Waals surface area contributed by atoms with Gasteiger partial charge in [-0.05, 0) is 38.8 Å². The summed E-state index contributed by atoms with van der Waals surface area (Å²) < 4.78 is 0. The second kappa shape index (κ2) is 5.37. The van der Waals surface area contributed by atoms with Gasteiger partial charge in [-0.2, -0.15) is 4.98 Å². The summed E-state index contributed by atoms with van der Waals surface area (Å²) in [7, 11) is 0. The standard InChI is InChI=1S/C15H21N5O/c1-9-5-6-13(21)11(8-9)14-17-15(19-18-14)20-7-3-4-12(16)10(20)2/h5-6,8,10,12,21H,3-4,7,16H2,1-2H3,(H,17,18,19). The minimum Gasteiger partial charge on any atom is -0.507 e. The van der Waals surface area contributed by atoms with Crippen molar-refractivity contribution in [1.29, 1.82) is 0 Å². The third-order valence-electron chi connectivity index (χ3n) is 4.19. The Hall–Kier alpha value is -2.08. The summed E-state index contributed by atoms with van der Waals surface area (Å²) in [5.41, 5.74) is 7.85. The Morgan fingerprint density at radius 3 is 3.05 bits per heavy atom. The number of nitrogens with zero attached hydrogens (tertiary/aromatic N) is 3. The number of aromatic nitrogens is 3. The Labute approximate surface area is 124 Å². The molecular formula is C15H21N5O. The lowest BCUT2D eigenvalue weighted by molar-refractivity contribution is 0.416. The van der Waals surface area contributed by atoms with Crippen molar-refractivity contribution >= 4 is 5.95 Å². The van der Waals surface area contributed by atoms with Crippen molar-refractivity contribution in [1.82, 2.24) is 15.2 Å². The summed E-state index contributed by atoms with van der Waals surface area (Å²) in [5.74, 6) is 1.43. The molecule has 0 amide bonds. The van der Waals surface area contributed by atoms with Gasteiger partial charge in [0.25, 0.3) is 0 Å². The van der Waals surface area contributed by atoms with E-state index in [1.165, 1.54) is 0 Å². The number of hydrogen-bond donors (Lipinski definition) is 3. The number of aryl methyl sites for hydroxylation is 1. The predicted molar refractivity (Wildman–Crippen MR) is 82.2 cm³/mol. The molecule has 0 bridgehead atoms. The van der Waals surface area contributed by atoms with E-state index in [-0.39, 0.29) is 17.8 Å². The molecule has 1 aromatic carbocycles. The monoisotopic (exact) mass is 287 g/mol. The Kier molecular flexibility index (Phi) is 3.55. The Morgan fingerprint density at radius 2 is 2.24 bits per heavy atom. The van der Waals surface area contributed by atoms with Crippen molar-refractivity contribution in [2.24, 2.45) is 5.73 Å². The second-order valence-electron chi connectivity index (χ2n) is 5.74. The van der Waals surface area contributed by atoms with Crippen LogP contribution in [0.25, 0.3) is 11.4 Å². The van der Waals surface area contributed by atoms with E-state index < -0.39 is 0 Å². The molecule has 2 atom stereocenters. The third kappa shape index (κ3) is 2.58. The molecule has 3 rings (SSSR count). The number of aromatic hydroxyl groups is 1. The minimum absolute atomic E-state index is 0.146. The number of phenols is 1.